The topological polar surface area (TPSA) is 3.01 Å². The Labute approximate surface area is 98.4 Å². The van der Waals surface area contributed by atoms with Gasteiger partial charge in [-0.25, -0.2) is 4.58 Å². The fraction of sp³-hybridized carbons (Fsp3) is 0.267. The van der Waals surface area contributed by atoms with Gasteiger partial charge in [-0.05, 0) is 31.6 Å². The molecule has 0 aliphatic carbocycles. The Balaban J connectivity index is 3.28. The van der Waals surface area contributed by atoms with Crippen LogP contribution in [0.15, 0.2) is 49.2 Å². The molecule has 0 N–H and O–H groups in total. The maximum atomic E-state index is 3.82. The number of allylic oxidation sites excluding steroid dienone is 2. The second kappa shape index (κ2) is 6.06. The third-order valence-electron chi connectivity index (χ3n) is 2.59. The highest BCUT2D eigenvalue weighted by atomic mass is 14.9. The molecule has 0 saturated heterocycles. The summed E-state index contributed by atoms with van der Waals surface area (Å²) in [5.41, 5.74) is 3.73. The fourth-order valence-corrected chi connectivity index (χ4v) is 1.59. The lowest BCUT2D eigenvalue weighted by molar-refractivity contribution is -0.420. The summed E-state index contributed by atoms with van der Waals surface area (Å²) in [7, 11) is 2.02. The highest BCUT2D eigenvalue weighted by molar-refractivity contribution is 6.06. The van der Waals surface area contributed by atoms with Gasteiger partial charge >= 0.3 is 0 Å². The third-order valence-corrected chi connectivity index (χ3v) is 2.59. The minimum absolute atomic E-state index is 1.04. The SMILES string of the molecule is C=C[N+](C)=C(/C=C\CC)c1ccccc1C. The summed E-state index contributed by atoms with van der Waals surface area (Å²) >= 11 is 0. The highest BCUT2D eigenvalue weighted by Gasteiger charge is 2.10. The van der Waals surface area contributed by atoms with Crippen LogP contribution in [0.5, 0.6) is 0 Å². The first-order valence-electron chi connectivity index (χ1n) is 5.65. The van der Waals surface area contributed by atoms with Gasteiger partial charge in [0.05, 0.1) is 0 Å². The van der Waals surface area contributed by atoms with E-state index in [0.717, 1.165) is 6.42 Å². The Kier molecular flexibility index (Phi) is 4.71. The van der Waals surface area contributed by atoms with Crippen molar-refractivity contribution in [2.24, 2.45) is 0 Å². The molecule has 16 heavy (non-hydrogen) atoms. The molecule has 1 aromatic rings. The van der Waals surface area contributed by atoms with Crippen molar-refractivity contribution in [3.8, 4) is 0 Å². The second-order valence-electron chi connectivity index (χ2n) is 3.80. The number of hydrogen-bond acceptors (Lipinski definition) is 0. The first-order chi connectivity index (χ1) is 7.70. The number of aryl methyl sites for hydroxylation is 1. The average Bonchev–Trinajstić information content (AvgIpc) is 2.31. The molecule has 0 aromatic heterocycles. The third kappa shape index (κ3) is 2.93. The summed E-state index contributed by atoms with van der Waals surface area (Å²) in [6.45, 7) is 8.09. The fourth-order valence-electron chi connectivity index (χ4n) is 1.59. The summed E-state index contributed by atoms with van der Waals surface area (Å²) in [5, 5.41) is 0. The van der Waals surface area contributed by atoms with E-state index in [1.165, 1.54) is 16.8 Å². The summed E-state index contributed by atoms with van der Waals surface area (Å²) in [5.74, 6) is 0. The highest BCUT2D eigenvalue weighted by Crippen LogP contribution is 2.09. The molecule has 0 atom stereocenters. The van der Waals surface area contributed by atoms with Crippen LogP contribution >= 0.6 is 0 Å². The Bertz CT molecular complexity index is 425. The van der Waals surface area contributed by atoms with E-state index in [0.29, 0.717) is 0 Å². The average molecular weight is 214 g/mol. The van der Waals surface area contributed by atoms with Crippen molar-refractivity contribution in [2.75, 3.05) is 7.05 Å². The molecule has 0 heterocycles. The minimum Gasteiger partial charge on any atom is -0.202 e. The normalized spacial score (nSPS) is 12.7. The number of rotatable bonds is 4. The summed E-state index contributed by atoms with van der Waals surface area (Å²) in [4.78, 5) is 0. The lowest BCUT2D eigenvalue weighted by Gasteiger charge is -2.03. The van der Waals surface area contributed by atoms with Crippen molar-refractivity contribution in [3.63, 3.8) is 0 Å². The number of nitrogens with zero attached hydrogens (tertiary/aromatic N) is 1. The second-order valence-corrected chi connectivity index (χ2v) is 3.80. The van der Waals surface area contributed by atoms with Crippen molar-refractivity contribution in [1.82, 2.24) is 0 Å². The first kappa shape index (κ1) is 12.4. The zero-order valence-electron chi connectivity index (χ0n) is 10.4. The van der Waals surface area contributed by atoms with Gasteiger partial charge in [-0.15, -0.1) is 0 Å². The maximum absolute atomic E-state index is 3.82. The van der Waals surface area contributed by atoms with Crippen LogP contribution in [0.2, 0.25) is 0 Å². The maximum Gasteiger partial charge on any atom is 0.212 e. The molecule has 0 radical (unpaired) electrons. The molecule has 0 aliphatic rings. The van der Waals surface area contributed by atoms with E-state index in [9.17, 15) is 0 Å². The van der Waals surface area contributed by atoms with E-state index in [1.54, 1.807) is 0 Å². The van der Waals surface area contributed by atoms with Crippen LogP contribution in [-0.2, 0) is 0 Å². The lowest BCUT2D eigenvalue weighted by atomic mass is 10.0. The monoisotopic (exact) mass is 214 g/mol. The zero-order chi connectivity index (χ0) is 12.0. The van der Waals surface area contributed by atoms with Gasteiger partial charge in [-0.2, -0.15) is 0 Å². The van der Waals surface area contributed by atoms with E-state index in [1.807, 2.05) is 13.2 Å². The molecular weight excluding hydrogens is 194 g/mol. The quantitative estimate of drug-likeness (QED) is 0.533. The molecule has 0 spiro atoms. The predicted molar refractivity (Wildman–Crippen MR) is 71.1 cm³/mol. The van der Waals surface area contributed by atoms with Crippen LogP contribution in [0.3, 0.4) is 0 Å². The Morgan fingerprint density at radius 2 is 2.06 bits per heavy atom. The minimum atomic E-state index is 1.04. The molecule has 1 nitrogen and oxygen atoms in total. The molecule has 1 rings (SSSR count). The van der Waals surface area contributed by atoms with Gasteiger partial charge in [0.1, 0.15) is 7.05 Å². The lowest BCUT2D eigenvalue weighted by Crippen LogP contribution is -2.12. The van der Waals surface area contributed by atoms with Crippen molar-refractivity contribution < 1.29 is 4.58 Å². The first-order valence-corrected chi connectivity index (χ1v) is 5.65. The zero-order valence-corrected chi connectivity index (χ0v) is 10.4. The van der Waals surface area contributed by atoms with Gasteiger partial charge in [0, 0.05) is 11.6 Å². The summed E-state index contributed by atoms with van der Waals surface area (Å²) in [6.07, 6.45) is 7.20. The summed E-state index contributed by atoms with van der Waals surface area (Å²) in [6, 6.07) is 8.41. The van der Waals surface area contributed by atoms with Gasteiger partial charge in [0.15, 0.2) is 6.20 Å². The van der Waals surface area contributed by atoms with E-state index in [-0.39, 0.29) is 0 Å². The molecule has 0 amide bonds. The van der Waals surface area contributed by atoms with Gasteiger partial charge in [0.2, 0.25) is 5.71 Å². The van der Waals surface area contributed by atoms with Crippen LogP contribution in [0, 0.1) is 6.92 Å². The molecule has 1 heteroatoms. The smallest absolute Gasteiger partial charge is 0.202 e. The Hall–Kier alpha value is -1.63. The van der Waals surface area contributed by atoms with Gasteiger partial charge in [-0.1, -0.05) is 31.2 Å². The van der Waals surface area contributed by atoms with Gasteiger partial charge in [-0.3, -0.25) is 0 Å². The van der Waals surface area contributed by atoms with Crippen LogP contribution in [0.25, 0.3) is 0 Å². The van der Waals surface area contributed by atoms with E-state index < -0.39 is 0 Å². The van der Waals surface area contributed by atoms with Gasteiger partial charge < -0.3 is 0 Å². The molecule has 1 aromatic carbocycles. The Morgan fingerprint density at radius 1 is 1.38 bits per heavy atom. The van der Waals surface area contributed by atoms with Crippen molar-refractivity contribution in [2.45, 2.75) is 20.3 Å². The molecule has 84 valence electrons. The molecule has 0 bridgehead atoms. The standard InChI is InChI=1S/C15H20N/c1-5-7-12-15(16(4)6-2)14-11-9-8-10-13(14)3/h6-12H,2,5H2,1,3-4H3/q+1/b12-7-,16-15?. The Morgan fingerprint density at radius 3 is 2.62 bits per heavy atom. The summed E-state index contributed by atoms with van der Waals surface area (Å²) < 4.78 is 2.05. The van der Waals surface area contributed by atoms with Crippen molar-refractivity contribution >= 4 is 5.71 Å². The largest absolute Gasteiger partial charge is 0.212 e. The van der Waals surface area contributed by atoms with Gasteiger partial charge in [0.25, 0.3) is 0 Å². The molecule has 0 fully saturated rings. The number of benzene rings is 1. The van der Waals surface area contributed by atoms with Crippen LogP contribution < -0.4 is 0 Å². The van der Waals surface area contributed by atoms with Crippen LogP contribution in [0.4, 0.5) is 0 Å². The molecule has 0 unspecified atom stereocenters. The van der Waals surface area contributed by atoms with Crippen LogP contribution in [-0.4, -0.2) is 17.3 Å². The van der Waals surface area contributed by atoms with Crippen molar-refractivity contribution in [1.29, 1.82) is 0 Å². The number of hydrogen-bond donors (Lipinski definition) is 0. The predicted octanol–water partition coefficient (Wildman–Crippen LogP) is 3.54. The molecule has 0 aliphatic heterocycles. The van der Waals surface area contributed by atoms with Crippen molar-refractivity contribution in [3.05, 3.63) is 60.3 Å². The van der Waals surface area contributed by atoms with Crippen LogP contribution in [0.1, 0.15) is 24.5 Å². The van der Waals surface area contributed by atoms with E-state index in [4.69, 9.17) is 0 Å². The van der Waals surface area contributed by atoms with E-state index in [2.05, 4.69) is 61.4 Å². The van der Waals surface area contributed by atoms with E-state index >= 15 is 0 Å². The molecular formula is C15H20N+. The molecule has 0 saturated carbocycles.